The summed E-state index contributed by atoms with van der Waals surface area (Å²) in [5.74, 6) is -1.19. The van der Waals surface area contributed by atoms with Crippen molar-refractivity contribution in [2.75, 3.05) is 14.2 Å². The zero-order chi connectivity index (χ0) is 16.1. The maximum atomic E-state index is 13.5. The van der Waals surface area contributed by atoms with Gasteiger partial charge in [0.1, 0.15) is 12.0 Å². The smallest absolute Gasteiger partial charge is 0.341 e. The van der Waals surface area contributed by atoms with E-state index in [1.54, 1.807) is 0 Å². The zero-order valence-electron chi connectivity index (χ0n) is 12.0. The van der Waals surface area contributed by atoms with Crippen LogP contribution < -0.4 is 4.74 Å². The van der Waals surface area contributed by atoms with Gasteiger partial charge in [0, 0.05) is 5.56 Å². The van der Waals surface area contributed by atoms with Gasteiger partial charge in [-0.25, -0.2) is 9.18 Å². The number of rotatable bonds is 5. The van der Waals surface area contributed by atoms with Gasteiger partial charge in [0.2, 0.25) is 0 Å². The van der Waals surface area contributed by atoms with Crippen LogP contribution in [0.1, 0.15) is 26.5 Å². The zero-order valence-corrected chi connectivity index (χ0v) is 12.0. The van der Waals surface area contributed by atoms with E-state index in [9.17, 15) is 14.0 Å². The van der Waals surface area contributed by atoms with Crippen LogP contribution in [-0.2, 0) is 4.74 Å². The third kappa shape index (κ3) is 3.41. The molecule has 0 radical (unpaired) electrons. The molecule has 22 heavy (non-hydrogen) atoms. The quantitative estimate of drug-likeness (QED) is 0.482. The Balaban J connectivity index is 2.12. The summed E-state index contributed by atoms with van der Waals surface area (Å²) in [7, 11) is 2.60. The molecule has 0 bridgehead atoms. The molecule has 0 aliphatic heterocycles. The van der Waals surface area contributed by atoms with E-state index in [-0.39, 0.29) is 16.9 Å². The monoisotopic (exact) mass is 304 g/mol. The normalized spacial score (nSPS) is 10.7. The lowest BCUT2D eigenvalue weighted by molar-refractivity contribution is 0.0600. The highest BCUT2D eigenvalue weighted by Gasteiger charge is 2.10. The average molecular weight is 304 g/mol. The van der Waals surface area contributed by atoms with Crippen LogP contribution in [0.15, 0.2) is 41.0 Å². The molecular weight excluding hydrogens is 291 g/mol. The highest BCUT2D eigenvalue weighted by atomic mass is 19.1. The molecule has 0 fully saturated rings. The topological polar surface area (TPSA) is 65.7 Å². The molecule has 1 aromatic carbocycles. The van der Waals surface area contributed by atoms with E-state index in [1.807, 2.05) is 0 Å². The summed E-state index contributed by atoms with van der Waals surface area (Å²) in [6.45, 7) is 0. The first-order valence-corrected chi connectivity index (χ1v) is 6.28. The number of allylic oxidation sites excluding steroid dienone is 1. The Morgan fingerprint density at radius 2 is 1.95 bits per heavy atom. The van der Waals surface area contributed by atoms with Gasteiger partial charge < -0.3 is 13.9 Å². The Morgan fingerprint density at radius 3 is 2.59 bits per heavy atom. The fraction of sp³-hybridized carbons (Fsp3) is 0.125. The van der Waals surface area contributed by atoms with Crippen molar-refractivity contribution >= 4 is 17.8 Å². The van der Waals surface area contributed by atoms with Gasteiger partial charge in [0.05, 0.1) is 19.8 Å². The van der Waals surface area contributed by atoms with Gasteiger partial charge in [-0.2, -0.15) is 0 Å². The first-order valence-electron chi connectivity index (χ1n) is 6.28. The lowest BCUT2D eigenvalue weighted by Gasteiger charge is -2.02. The van der Waals surface area contributed by atoms with Crippen molar-refractivity contribution < 1.29 is 27.9 Å². The van der Waals surface area contributed by atoms with Crippen LogP contribution in [0.2, 0.25) is 0 Å². The van der Waals surface area contributed by atoms with E-state index in [0.717, 1.165) is 6.07 Å². The molecule has 1 aromatic heterocycles. The van der Waals surface area contributed by atoms with Crippen LogP contribution in [0.5, 0.6) is 5.75 Å². The molecule has 2 rings (SSSR count). The van der Waals surface area contributed by atoms with E-state index in [0.29, 0.717) is 5.76 Å². The molecule has 2 aromatic rings. The second-order valence-electron chi connectivity index (χ2n) is 4.28. The standard InChI is InChI=1S/C16H13FO5/c1-20-15-6-3-10(8-13(15)17)14(18)5-4-12-7-11(9-22-12)16(19)21-2/h3-9H,1-2H3/b5-4+. The fourth-order valence-corrected chi connectivity index (χ4v) is 1.74. The number of hydrogen-bond acceptors (Lipinski definition) is 5. The number of carbonyl (C=O) groups is 2. The molecule has 114 valence electrons. The van der Waals surface area contributed by atoms with Crippen molar-refractivity contribution in [3.63, 3.8) is 0 Å². The van der Waals surface area contributed by atoms with Gasteiger partial charge in [-0.1, -0.05) is 0 Å². The summed E-state index contributed by atoms with van der Waals surface area (Å²) in [5.41, 5.74) is 0.416. The minimum Gasteiger partial charge on any atom is -0.494 e. The Labute approximate surface area is 125 Å². The van der Waals surface area contributed by atoms with Gasteiger partial charge in [-0.3, -0.25) is 4.79 Å². The van der Waals surface area contributed by atoms with Crippen LogP contribution in [0.4, 0.5) is 4.39 Å². The molecule has 1 heterocycles. The van der Waals surface area contributed by atoms with E-state index >= 15 is 0 Å². The van der Waals surface area contributed by atoms with Gasteiger partial charge in [0.25, 0.3) is 0 Å². The van der Waals surface area contributed by atoms with Gasteiger partial charge >= 0.3 is 5.97 Å². The van der Waals surface area contributed by atoms with Crippen molar-refractivity contribution in [2.45, 2.75) is 0 Å². The number of ketones is 1. The summed E-state index contributed by atoms with van der Waals surface area (Å²) in [5, 5.41) is 0. The number of benzene rings is 1. The van der Waals surface area contributed by atoms with Crippen molar-refractivity contribution in [1.29, 1.82) is 0 Å². The number of furan rings is 1. The molecule has 6 heteroatoms. The third-order valence-electron chi connectivity index (χ3n) is 2.88. The molecular formula is C16H13FO5. The second kappa shape index (κ2) is 6.71. The maximum Gasteiger partial charge on any atom is 0.341 e. The largest absolute Gasteiger partial charge is 0.494 e. The second-order valence-corrected chi connectivity index (χ2v) is 4.28. The summed E-state index contributed by atoms with van der Waals surface area (Å²) in [6.07, 6.45) is 3.83. The average Bonchev–Trinajstić information content (AvgIpc) is 3.00. The minimum atomic E-state index is -0.618. The molecule has 0 atom stereocenters. The first-order chi connectivity index (χ1) is 10.5. The molecule has 0 amide bonds. The predicted octanol–water partition coefficient (Wildman–Crippen LogP) is 3.11. The Kier molecular flexibility index (Phi) is 4.73. The SMILES string of the molecule is COC(=O)c1coc(/C=C/C(=O)c2ccc(OC)c(F)c2)c1. The van der Waals surface area contributed by atoms with Gasteiger partial charge in [0.15, 0.2) is 17.3 Å². The Morgan fingerprint density at radius 1 is 1.18 bits per heavy atom. The molecule has 5 nitrogen and oxygen atoms in total. The van der Waals surface area contributed by atoms with Crippen LogP contribution in [-0.4, -0.2) is 26.0 Å². The highest BCUT2D eigenvalue weighted by Crippen LogP contribution is 2.18. The number of carbonyl (C=O) groups excluding carboxylic acids is 2. The molecule has 0 N–H and O–H groups in total. The summed E-state index contributed by atoms with van der Waals surface area (Å²) >= 11 is 0. The molecule has 0 aliphatic rings. The minimum absolute atomic E-state index is 0.0642. The molecule has 0 unspecified atom stereocenters. The molecule has 0 spiro atoms. The van der Waals surface area contributed by atoms with E-state index < -0.39 is 17.6 Å². The summed E-state index contributed by atoms with van der Waals surface area (Å²) in [6, 6.07) is 5.35. The lowest BCUT2D eigenvalue weighted by atomic mass is 10.1. The Hall–Kier alpha value is -2.89. The van der Waals surface area contributed by atoms with Crippen LogP contribution in [0.3, 0.4) is 0 Å². The highest BCUT2D eigenvalue weighted by molar-refractivity contribution is 6.06. The van der Waals surface area contributed by atoms with Crippen molar-refractivity contribution in [3.05, 3.63) is 59.3 Å². The van der Waals surface area contributed by atoms with E-state index in [2.05, 4.69) is 4.74 Å². The van der Waals surface area contributed by atoms with Gasteiger partial charge in [-0.15, -0.1) is 0 Å². The summed E-state index contributed by atoms with van der Waals surface area (Å²) < 4.78 is 28.0. The van der Waals surface area contributed by atoms with Crippen molar-refractivity contribution in [1.82, 2.24) is 0 Å². The lowest BCUT2D eigenvalue weighted by Crippen LogP contribution is -1.98. The number of esters is 1. The number of hydrogen-bond donors (Lipinski definition) is 0. The molecule has 0 aliphatic carbocycles. The van der Waals surface area contributed by atoms with Crippen molar-refractivity contribution in [2.24, 2.45) is 0 Å². The van der Waals surface area contributed by atoms with E-state index in [4.69, 9.17) is 9.15 Å². The third-order valence-corrected chi connectivity index (χ3v) is 2.88. The predicted molar refractivity (Wildman–Crippen MR) is 76.4 cm³/mol. The van der Waals surface area contributed by atoms with Gasteiger partial charge in [-0.05, 0) is 36.4 Å². The Bertz CT molecular complexity index is 730. The number of halogens is 1. The van der Waals surface area contributed by atoms with E-state index in [1.165, 1.54) is 50.8 Å². The number of methoxy groups -OCH3 is 2. The number of ether oxygens (including phenoxy) is 2. The van der Waals surface area contributed by atoms with Crippen LogP contribution in [0, 0.1) is 5.82 Å². The first kappa shape index (κ1) is 15.5. The molecule has 0 saturated heterocycles. The maximum absolute atomic E-state index is 13.5. The summed E-state index contributed by atoms with van der Waals surface area (Å²) in [4.78, 5) is 23.2. The van der Waals surface area contributed by atoms with Crippen LogP contribution in [0.25, 0.3) is 6.08 Å². The fourth-order valence-electron chi connectivity index (χ4n) is 1.74. The van der Waals surface area contributed by atoms with Crippen molar-refractivity contribution in [3.8, 4) is 5.75 Å². The van der Waals surface area contributed by atoms with Crippen LogP contribution >= 0.6 is 0 Å². The molecule has 0 saturated carbocycles.